The van der Waals surface area contributed by atoms with Crippen LogP contribution in [0.3, 0.4) is 0 Å². The smallest absolute Gasteiger partial charge is 0.290 e. The first kappa shape index (κ1) is 14.6. The number of nitrogen functional groups attached to an aromatic ring is 1. The molecule has 3 N–H and O–H groups in total. The minimum atomic E-state index is -0.448. The Morgan fingerprint density at radius 1 is 1.38 bits per heavy atom. The Morgan fingerprint density at radius 2 is 2.10 bits per heavy atom. The van der Waals surface area contributed by atoms with Crippen molar-refractivity contribution in [1.29, 1.82) is 0 Å². The number of benzene rings is 1. The van der Waals surface area contributed by atoms with Gasteiger partial charge in [-0.1, -0.05) is 0 Å². The average molecular weight is 288 g/mol. The van der Waals surface area contributed by atoms with Crippen molar-refractivity contribution in [3.8, 4) is 5.75 Å². The molecule has 0 fully saturated rings. The highest BCUT2D eigenvalue weighted by Crippen LogP contribution is 2.18. The number of ether oxygens (including phenoxy) is 1. The molecule has 110 valence electrons. The highest BCUT2D eigenvalue weighted by molar-refractivity contribution is 5.46. The molecule has 0 aliphatic carbocycles. The van der Waals surface area contributed by atoms with Crippen LogP contribution in [0.1, 0.15) is 5.56 Å². The Hall–Kier alpha value is -2.83. The van der Waals surface area contributed by atoms with Gasteiger partial charge in [0.05, 0.1) is 11.5 Å². The van der Waals surface area contributed by atoms with E-state index in [2.05, 4.69) is 10.3 Å². The van der Waals surface area contributed by atoms with E-state index in [-0.39, 0.29) is 5.69 Å². The summed E-state index contributed by atoms with van der Waals surface area (Å²) in [6.45, 7) is 2.66. The Kier molecular flexibility index (Phi) is 4.55. The molecule has 0 saturated carbocycles. The molecule has 21 heavy (non-hydrogen) atoms. The van der Waals surface area contributed by atoms with Gasteiger partial charge in [-0.3, -0.25) is 10.1 Å². The molecule has 0 spiro atoms. The predicted octanol–water partition coefficient (Wildman–Crippen LogP) is 2.37. The molecule has 0 saturated heterocycles. The molecule has 1 aromatic carbocycles. The van der Waals surface area contributed by atoms with Crippen LogP contribution in [0.4, 0.5) is 17.2 Å². The van der Waals surface area contributed by atoms with Crippen molar-refractivity contribution in [3.05, 3.63) is 52.2 Å². The number of anilines is 2. The summed E-state index contributed by atoms with van der Waals surface area (Å²) in [4.78, 5) is 14.2. The average Bonchev–Trinajstić information content (AvgIpc) is 2.45. The second kappa shape index (κ2) is 6.56. The molecule has 0 aliphatic rings. The number of nitrogens with two attached hydrogens (primary N) is 1. The fourth-order valence-corrected chi connectivity index (χ4v) is 1.75. The fourth-order valence-electron chi connectivity index (χ4n) is 1.75. The van der Waals surface area contributed by atoms with E-state index < -0.39 is 4.92 Å². The summed E-state index contributed by atoms with van der Waals surface area (Å²) < 4.78 is 5.52. The van der Waals surface area contributed by atoms with E-state index in [1.54, 1.807) is 37.3 Å². The first-order valence-corrected chi connectivity index (χ1v) is 6.39. The first-order valence-electron chi connectivity index (χ1n) is 6.39. The maximum absolute atomic E-state index is 10.7. The molecule has 1 aromatic heterocycles. The van der Waals surface area contributed by atoms with Gasteiger partial charge in [0.2, 0.25) is 0 Å². The second-order valence-electron chi connectivity index (χ2n) is 4.46. The number of nitro groups is 1. The van der Waals surface area contributed by atoms with Gasteiger partial charge in [0.1, 0.15) is 24.4 Å². The lowest BCUT2D eigenvalue weighted by Gasteiger charge is -2.08. The van der Waals surface area contributed by atoms with Crippen LogP contribution in [0.25, 0.3) is 0 Å². The number of hydrogen-bond acceptors (Lipinski definition) is 6. The molecule has 0 aliphatic heterocycles. The van der Waals surface area contributed by atoms with Gasteiger partial charge in [-0.05, 0) is 37.3 Å². The summed E-state index contributed by atoms with van der Waals surface area (Å²) in [6, 6.07) is 8.77. The monoisotopic (exact) mass is 288 g/mol. The summed E-state index contributed by atoms with van der Waals surface area (Å²) in [6.07, 6.45) is 1.25. The summed E-state index contributed by atoms with van der Waals surface area (Å²) in [5.41, 5.74) is 6.85. The van der Waals surface area contributed by atoms with Crippen molar-refractivity contribution in [1.82, 2.24) is 4.98 Å². The van der Waals surface area contributed by atoms with E-state index >= 15 is 0 Å². The zero-order valence-electron chi connectivity index (χ0n) is 11.6. The van der Waals surface area contributed by atoms with Crippen molar-refractivity contribution in [2.75, 3.05) is 24.2 Å². The van der Waals surface area contributed by atoms with E-state index in [0.717, 1.165) is 5.75 Å². The van der Waals surface area contributed by atoms with Crippen molar-refractivity contribution in [3.63, 3.8) is 0 Å². The van der Waals surface area contributed by atoms with Crippen LogP contribution in [-0.4, -0.2) is 23.1 Å². The van der Waals surface area contributed by atoms with E-state index in [1.165, 1.54) is 6.20 Å². The number of hydrogen-bond donors (Lipinski definition) is 2. The van der Waals surface area contributed by atoms with Crippen molar-refractivity contribution >= 4 is 17.2 Å². The van der Waals surface area contributed by atoms with Crippen LogP contribution in [0, 0.1) is 17.0 Å². The number of aryl methyl sites for hydroxylation is 1. The first-order chi connectivity index (χ1) is 10.1. The van der Waals surface area contributed by atoms with Crippen LogP contribution >= 0.6 is 0 Å². The number of rotatable bonds is 6. The quantitative estimate of drug-likeness (QED) is 0.366. The number of nitrogens with zero attached hydrogens (tertiary/aromatic N) is 2. The Labute approximate surface area is 121 Å². The molecular formula is C14H16N4O3. The highest BCUT2D eigenvalue weighted by atomic mass is 16.6. The van der Waals surface area contributed by atoms with Crippen LogP contribution in [0.15, 0.2) is 36.5 Å². The third-order valence-corrected chi connectivity index (χ3v) is 2.84. The molecule has 0 amide bonds. The topological polar surface area (TPSA) is 103 Å². The third kappa shape index (κ3) is 4.07. The Balaban J connectivity index is 1.82. The summed E-state index contributed by atoms with van der Waals surface area (Å²) in [5, 5.41) is 13.7. The van der Waals surface area contributed by atoms with Gasteiger partial charge >= 0.3 is 0 Å². The number of aromatic nitrogens is 1. The molecule has 2 aromatic rings. The van der Waals surface area contributed by atoms with E-state index in [0.29, 0.717) is 30.2 Å². The molecule has 0 radical (unpaired) electrons. The minimum Gasteiger partial charge on any atom is -0.492 e. The van der Waals surface area contributed by atoms with Crippen molar-refractivity contribution < 1.29 is 9.66 Å². The van der Waals surface area contributed by atoms with Crippen LogP contribution in [-0.2, 0) is 0 Å². The van der Waals surface area contributed by atoms with Gasteiger partial charge in [-0.15, -0.1) is 0 Å². The molecule has 1 heterocycles. The van der Waals surface area contributed by atoms with E-state index in [4.69, 9.17) is 10.5 Å². The molecular weight excluding hydrogens is 272 g/mol. The molecule has 0 atom stereocenters. The zero-order valence-corrected chi connectivity index (χ0v) is 11.6. The lowest BCUT2D eigenvalue weighted by atomic mass is 10.2. The Bertz CT molecular complexity index is 629. The SMILES string of the molecule is Cc1cc(NCCOc2ccc(N)cc2)ncc1[N+](=O)[O-]. The van der Waals surface area contributed by atoms with Crippen LogP contribution < -0.4 is 15.8 Å². The number of nitrogens with one attached hydrogen (secondary N) is 1. The predicted molar refractivity (Wildman–Crippen MR) is 80.5 cm³/mol. The molecule has 2 rings (SSSR count). The van der Waals surface area contributed by atoms with Gasteiger partial charge in [0.15, 0.2) is 0 Å². The number of pyridine rings is 1. The van der Waals surface area contributed by atoms with Crippen molar-refractivity contribution in [2.45, 2.75) is 6.92 Å². The third-order valence-electron chi connectivity index (χ3n) is 2.84. The second-order valence-corrected chi connectivity index (χ2v) is 4.46. The zero-order chi connectivity index (χ0) is 15.2. The van der Waals surface area contributed by atoms with Gasteiger partial charge in [0.25, 0.3) is 5.69 Å². The highest BCUT2D eigenvalue weighted by Gasteiger charge is 2.10. The van der Waals surface area contributed by atoms with E-state index in [1.807, 2.05) is 0 Å². The van der Waals surface area contributed by atoms with E-state index in [9.17, 15) is 10.1 Å². The molecule has 7 heteroatoms. The fraction of sp³-hybridized carbons (Fsp3) is 0.214. The lowest BCUT2D eigenvalue weighted by molar-refractivity contribution is -0.385. The lowest BCUT2D eigenvalue weighted by Crippen LogP contribution is -2.12. The van der Waals surface area contributed by atoms with Gasteiger partial charge in [-0.25, -0.2) is 4.98 Å². The summed E-state index contributed by atoms with van der Waals surface area (Å²) in [7, 11) is 0. The van der Waals surface area contributed by atoms with Gasteiger partial charge < -0.3 is 15.8 Å². The minimum absolute atomic E-state index is 0.0127. The van der Waals surface area contributed by atoms with Crippen LogP contribution in [0.5, 0.6) is 5.75 Å². The molecule has 7 nitrogen and oxygen atoms in total. The normalized spacial score (nSPS) is 10.1. The van der Waals surface area contributed by atoms with Crippen LogP contribution in [0.2, 0.25) is 0 Å². The molecule has 0 bridgehead atoms. The standard InChI is InChI=1S/C14H16N4O3/c1-10-8-14(17-9-13(10)18(19)20)16-6-7-21-12-4-2-11(15)3-5-12/h2-5,8-9H,6-7,15H2,1H3,(H,16,17). The van der Waals surface area contributed by atoms with Gasteiger partial charge in [0, 0.05) is 11.3 Å². The Morgan fingerprint density at radius 3 is 2.71 bits per heavy atom. The summed E-state index contributed by atoms with van der Waals surface area (Å²) in [5.74, 6) is 1.32. The largest absolute Gasteiger partial charge is 0.492 e. The van der Waals surface area contributed by atoms with Crippen molar-refractivity contribution in [2.24, 2.45) is 0 Å². The van der Waals surface area contributed by atoms with Gasteiger partial charge in [-0.2, -0.15) is 0 Å². The maximum atomic E-state index is 10.7. The summed E-state index contributed by atoms with van der Waals surface area (Å²) >= 11 is 0. The maximum Gasteiger partial charge on any atom is 0.290 e. The molecule has 0 unspecified atom stereocenters.